The van der Waals surface area contributed by atoms with Gasteiger partial charge in [-0.05, 0) is 42.0 Å². The van der Waals surface area contributed by atoms with Gasteiger partial charge in [-0.3, -0.25) is 14.5 Å². The molecule has 4 N–H and O–H groups in total. The molecule has 0 aliphatic heterocycles. The lowest BCUT2D eigenvalue weighted by molar-refractivity contribution is -0.267. The number of nitrogens with zero attached hydrogens (tertiary/aromatic N) is 2. The molecular weight excluding hydrogens is 455 g/mol. The minimum atomic E-state index is -4.93. The topological polar surface area (TPSA) is 117 Å². The van der Waals surface area contributed by atoms with E-state index >= 15 is 0 Å². The van der Waals surface area contributed by atoms with E-state index in [4.69, 9.17) is 10.8 Å². The summed E-state index contributed by atoms with van der Waals surface area (Å²) in [6.07, 6.45) is -3.93. The van der Waals surface area contributed by atoms with Crippen LogP contribution >= 0.6 is 23.1 Å². The molecule has 0 spiro atoms. The molecular formula is C19H22F3N3O4S2. The third-order valence-electron chi connectivity index (χ3n) is 4.50. The van der Waals surface area contributed by atoms with E-state index < -0.39 is 30.2 Å². The third-order valence-corrected chi connectivity index (χ3v) is 6.27. The summed E-state index contributed by atoms with van der Waals surface area (Å²) in [5.41, 5.74) is 2.25. The average Bonchev–Trinajstić information content (AvgIpc) is 3.20. The van der Waals surface area contributed by atoms with Crippen LogP contribution in [0, 0.1) is 0 Å². The van der Waals surface area contributed by atoms with Gasteiger partial charge in [0.25, 0.3) is 0 Å². The first-order valence-corrected chi connectivity index (χ1v) is 11.2. The van der Waals surface area contributed by atoms with Gasteiger partial charge in [-0.25, -0.2) is 4.98 Å². The molecule has 2 unspecified atom stereocenters. The average molecular weight is 478 g/mol. The van der Waals surface area contributed by atoms with Crippen molar-refractivity contribution in [1.82, 2.24) is 4.98 Å². The summed E-state index contributed by atoms with van der Waals surface area (Å²) in [5.74, 6) is -1.33. The Morgan fingerprint density at radius 1 is 1.26 bits per heavy atom. The summed E-state index contributed by atoms with van der Waals surface area (Å²) in [5, 5.41) is 21.3. The Labute approximate surface area is 185 Å². The summed E-state index contributed by atoms with van der Waals surface area (Å²) >= 11 is 2.29. The molecule has 2 rings (SSSR count). The molecule has 1 heterocycles. The first-order valence-electron chi connectivity index (χ1n) is 9.13. The maximum absolute atomic E-state index is 13.7. The number of halogens is 3. The quantitative estimate of drug-likeness (QED) is 0.449. The van der Waals surface area contributed by atoms with Crippen molar-refractivity contribution in [1.29, 1.82) is 0 Å². The standard InChI is InChI=1S/C19H22F3N3O4S2/c1-12(26)25(17-24-8-11-31-17)14-4-2-13(3-5-14)18(29,19(20,21)22)7-10-30-9-6-15(23)16(27)28/h2-5,8,11,15,29H,6-7,9-10,23H2,1H3,(H,27,28). The van der Waals surface area contributed by atoms with Crippen molar-refractivity contribution in [3.05, 3.63) is 41.4 Å². The van der Waals surface area contributed by atoms with Crippen LogP contribution in [0.3, 0.4) is 0 Å². The fourth-order valence-corrected chi connectivity index (χ4v) is 4.51. The number of hydrogen-bond donors (Lipinski definition) is 3. The number of anilines is 2. The maximum Gasteiger partial charge on any atom is 0.421 e. The van der Waals surface area contributed by atoms with Crippen LogP contribution in [0.4, 0.5) is 24.0 Å². The van der Waals surface area contributed by atoms with Gasteiger partial charge in [-0.1, -0.05) is 12.1 Å². The number of aliphatic carboxylic acids is 1. The SMILES string of the molecule is CC(=O)N(c1ccc(C(O)(CCSCCC(N)C(=O)O)C(F)(F)F)cc1)c1nccs1. The second-order valence-corrected chi connectivity index (χ2v) is 8.77. The van der Waals surface area contributed by atoms with Crippen LogP contribution in [0.2, 0.25) is 0 Å². The van der Waals surface area contributed by atoms with Crippen molar-refractivity contribution in [2.24, 2.45) is 5.73 Å². The van der Waals surface area contributed by atoms with Gasteiger partial charge in [-0.2, -0.15) is 24.9 Å². The second-order valence-electron chi connectivity index (χ2n) is 6.67. The third kappa shape index (κ3) is 6.19. The van der Waals surface area contributed by atoms with E-state index in [9.17, 15) is 27.9 Å². The van der Waals surface area contributed by atoms with Crippen molar-refractivity contribution in [3.8, 4) is 0 Å². The van der Waals surface area contributed by atoms with Gasteiger partial charge in [0.15, 0.2) is 10.7 Å². The summed E-state index contributed by atoms with van der Waals surface area (Å²) in [6, 6.07) is 3.85. The largest absolute Gasteiger partial charge is 0.480 e. The van der Waals surface area contributed by atoms with Crippen LogP contribution < -0.4 is 10.6 Å². The molecule has 1 aromatic heterocycles. The highest BCUT2D eigenvalue weighted by atomic mass is 32.2. The zero-order valence-corrected chi connectivity index (χ0v) is 18.1. The molecule has 2 aromatic rings. The number of rotatable bonds is 10. The monoisotopic (exact) mass is 477 g/mol. The number of amides is 1. The number of carboxylic acid groups (broad SMARTS) is 1. The van der Waals surface area contributed by atoms with E-state index in [1.54, 1.807) is 5.38 Å². The molecule has 1 amide bonds. The minimum Gasteiger partial charge on any atom is -0.480 e. The molecule has 0 fully saturated rings. The number of benzene rings is 1. The number of thiazole rings is 1. The van der Waals surface area contributed by atoms with Crippen LogP contribution in [0.15, 0.2) is 35.8 Å². The smallest absolute Gasteiger partial charge is 0.421 e. The van der Waals surface area contributed by atoms with Crippen LogP contribution in [-0.2, 0) is 15.2 Å². The van der Waals surface area contributed by atoms with E-state index in [0.717, 1.165) is 23.9 Å². The van der Waals surface area contributed by atoms with E-state index in [1.165, 1.54) is 41.5 Å². The number of carbonyl (C=O) groups is 2. The fraction of sp³-hybridized carbons (Fsp3) is 0.421. The molecule has 170 valence electrons. The van der Waals surface area contributed by atoms with E-state index in [2.05, 4.69) is 4.98 Å². The van der Waals surface area contributed by atoms with E-state index in [0.29, 0.717) is 10.8 Å². The number of aromatic nitrogens is 1. The zero-order valence-electron chi connectivity index (χ0n) is 16.5. The number of hydrogen-bond acceptors (Lipinski definition) is 7. The number of carboxylic acids is 1. The molecule has 2 atom stereocenters. The molecule has 7 nitrogen and oxygen atoms in total. The molecule has 12 heteroatoms. The second kappa shape index (κ2) is 10.4. The molecule has 0 bridgehead atoms. The van der Waals surface area contributed by atoms with Crippen molar-refractivity contribution >= 4 is 45.8 Å². The van der Waals surface area contributed by atoms with Gasteiger partial charge >= 0.3 is 12.1 Å². The Hall–Kier alpha value is -2.15. The van der Waals surface area contributed by atoms with Gasteiger partial charge < -0.3 is 15.9 Å². The normalized spacial score (nSPS) is 14.6. The van der Waals surface area contributed by atoms with Gasteiger partial charge in [-0.15, -0.1) is 11.3 Å². The van der Waals surface area contributed by atoms with Crippen LogP contribution in [0.1, 0.15) is 25.3 Å². The molecule has 0 saturated heterocycles. The Bertz CT molecular complexity index is 879. The van der Waals surface area contributed by atoms with Gasteiger partial charge in [0.2, 0.25) is 5.91 Å². The molecule has 31 heavy (non-hydrogen) atoms. The highest BCUT2D eigenvalue weighted by Crippen LogP contribution is 2.43. The summed E-state index contributed by atoms with van der Waals surface area (Å²) < 4.78 is 41.1. The maximum atomic E-state index is 13.7. The van der Waals surface area contributed by atoms with Crippen LogP contribution in [0.25, 0.3) is 0 Å². The number of alkyl halides is 3. The summed E-state index contributed by atoms with van der Waals surface area (Å²) in [7, 11) is 0. The van der Waals surface area contributed by atoms with Crippen LogP contribution in [0.5, 0.6) is 0 Å². The minimum absolute atomic E-state index is 0.0528. The highest BCUT2D eigenvalue weighted by Gasteiger charge is 2.54. The molecule has 0 radical (unpaired) electrons. The van der Waals surface area contributed by atoms with Crippen molar-refractivity contribution in [2.45, 2.75) is 37.6 Å². The van der Waals surface area contributed by atoms with Crippen molar-refractivity contribution in [2.75, 3.05) is 16.4 Å². The molecule has 0 aliphatic carbocycles. The Morgan fingerprint density at radius 3 is 2.39 bits per heavy atom. The summed E-state index contributed by atoms with van der Waals surface area (Å²) in [4.78, 5) is 28.0. The first-order chi connectivity index (χ1) is 14.5. The fourth-order valence-electron chi connectivity index (χ4n) is 2.74. The first kappa shape index (κ1) is 25.1. The Morgan fingerprint density at radius 2 is 1.90 bits per heavy atom. The summed E-state index contributed by atoms with van der Waals surface area (Å²) in [6.45, 7) is 1.31. The lowest BCUT2D eigenvalue weighted by Crippen LogP contribution is -2.43. The molecule has 0 aliphatic rings. The number of thioether (sulfide) groups is 1. The Kier molecular flexibility index (Phi) is 8.46. The van der Waals surface area contributed by atoms with E-state index in [1.807, 2.05) is 0 Å². The lowest BCUT2D eigenvalue weighted by Gasteiger charge is -2.31. The highest BCUT2D eigenvalue weighted by molar-refractivity contribution is 7.99. The van der Waals surface area contributed by atoms with Crippen molar-refractivity contribution < 1.29 is 33.0 Å². The number of carbonyl (C=O) groups excluding carboxylic acids is 1. The molecule has 1 aromatic carbocycles. The Balaban J connectivity index is 2.15. The number of nitrogens with two attached hydrogens (primary N) is 1. The predicted molar refractivity (Wildman–Crippen MR) is 113 cm³/mol. The zero-order chi connectivity index (χ0) is 23.2. The van der Waals surface area contributed by atoms with E-state index in [-0.39, 0.29) is 29.4 Å². The lowest BCUT2D eigenvalue weighted by atomic mass is 9.90. The van der Waals surface area contributed by atoms with Crippen LogP contribution in [-0.4, -0.2) is 50.8 Å². The van der Waals surface area contributed by atoms with Crippen molar-refractivity contribution in [3.63, 3.8) is 0 Å². The molecule has 0 saturated carbocycles. The predicted octanol–water partition coefficient (Wildman–Crippen LogP) is 3.50. The van der Waals surface area contributed by atoms with Gasteiger partial charge in [0.05, 0.1) is 5.69 Å². The van der Waals surface area contributed by atoms with Gasteiger partial charge in [0, 0.05) is 18.5 Å². The van der Waals surface area contributed by atoms with Gasteiger partial charge in [0.1, 0.15) is 6.04 Å². The number of aliphatic hydroxyl groups is 1.